The van der Waals surface area contributed by atoms with Gasteiger partial charge in [0.25, 0.3) is 5.24 Å². The van der Waals surface area contributed by atoms with Gasteiger partial charge in [0.15, 0.2) is 6.61 Å². The SMILES string of the molecule is CC(=NOCCOc1ccc(CC2SC(=O)NC2=O)cc1)c1ccc(-c2ccc(F)cc2)cc1. The third kappa shape index (κ3) is 6.23. The van der Waals surface area contributed by atoms with Crippen LogP contribution in [0.1, 0.15) is 18.1 Å². The molecule has 1 heterocycles. The Kier molecular flexibility index (Phi) is 7.59. The number of rotatable bonds is 9. The minimum absolute atomic E-state index is 0.243. The first-order chi connectivity index (χ1) is 16.5. The molecule has 3 aromatic carbocycles. The Bertz CT molecular complexity index is 1180. The third-order valence-electron chi connectivity index (χ3n) is 5.24. The van der Waals surface area contributed by atoms with Gasteiger partial charge in [-0.25, -0.2) is 4.39 Å². The van der Waals surface area contributed by atoms with Crippen LogP contribution in [0.2, 0.25) is 0 Å². The largest absolute Gasteiger partial charge is 0.490 e. The molecule has 0 bridgehead atoms. The molecule has 2 amide bonds. The van der Waals surface area contributed by atoms with Crippen molar-refractivity contribution < 1.29 is 23.6 Å². The number of imide groups is 1. The van der Waals surface area contributed by atoms with Crippen molar-refractivity contribution in [1.82, 2.24) is 5.32 Å². The van der Waals surface area contributed by atoms with Crippen molar-refractivity contribution in [2.75, 3.05) is 13.2 Å². The molecule has 1 atom stereocenters. The number of ether oxygens (including phenoxy) is 1. The summed E-state index contributed by atoms with van der Waals surface area (Å²) in [6.45, 7) is 2.48. The van der Waals surface area contributed by atoms with Crippen LogP contribution in [0.3, 0.4) is 0 Å². The fourth-order valence-electron chi connectivity index (χ4n) is 3.40. The van der Waals surface area contributed by atoms with E-state index in [4.69, 9.17) is 9.57 Å². The smallest absolute Gasteiger partial charge is 0.286 e. The van der Waals surface area contributed by atoms with Gasteiger partial charge in [0.1, 0.15) is 18.2 Å². The summed E-state index contributed by atoms with van der Waals surface area (Å²) in [5.41, 5.74) is 4.56. The first-order valence-electron chi connectivity index (χ1n) is 10.7. The van der Waals surface area contributed by atoms with Crippen LogP contribution >= 0.6 is 11.8 Å². The minimum atomic E-state index is -0.382. The molecule has 1 N–H and O–H groups in total. The average Bonchev–Trinajstić information content (AvgIpc) is 3.16. The number of nitrogens with one attached hydrogen (secondary N) is 1. The number of amides is 2. The van der Waals surface area contributed by atoms with E-state index in [2.05, 4.69) is 10.5 Å². The van der Waals surface area contributed by atoms with E-state index < -0.39 is 0 Å². The van der Waals surface area contributed by atoms with Gasteiger partial charge in [-0.2, -0.15) is 0 Å². The molecule has 1 aliphatic rings. The van der Waals surface area contributed by atoms with Crippen LogP contribution in [0.15, 0.2) is 78.0 Å². The molecule has 0 radical (unpaired) electrons. The van der Waals surface area contributed by atoms with E-state index in [1.165, 1.54) is 12.1 Å². The topological polar surface area (TPSA) is 77.0 Å². The molecule has 1 saturated heterocycles. The Morgan fingerprint density at radius 3 is 2.21 bits per heavy atom. The van der Waals surface area contributed by atoms with E-state index in [-0.39, 0.29) is 28.8 Å². The fraction of sp³-hybridized carbons (Fsp3) is 0.192. The summed E-state index contributed by atoms with van der Waals surface area (Å²) >= 11 is 1.02. The van der Waals surface area contributed by atoms with Gasteiger partial charge in [-0.1, -0.05) is 65.4 Å². The maximum atomic E-state index is 13.1. The van der Waals surface area contributed by atoms with E-state index in [0.717, 1.165) is 39.7 Å². The van der Waals surface area contributed by atoms with E-state index in [1.54, 1.807) is 12.1 Å². The summed E-state index contributed by atoms with van der Waals surface area (Å²) in [6.07, 6.45) is 0.491. The van der Waals surface area contributed by atoms with Gasteiger partial charge in [0, 0.05) is 0 Å². The second kappa shape index (κ2) is 11.0. The van der Waals surface area contributed by atoms with Crippen LogP contribution in [0, 0.1) is 5.82 Å². The number of thioether (sulfide) groups is 1. The molecule has 34 heavy (non-hydrogen) atoms. The fourth-order valence-corrected chi connectivity index (χ4v) is 4.26. The molecule has 174 valence electrons. The summed E-state index contributed by atoms with van der Waals surface area (Å²) in [7, 11) is 0. The van der Waals surface area contributed by atoms with Crippen molar-refractivity contribution in [3.8, 4) is 16.9 Å². The molecule has 1 aliphatic heterocycles. The maximum absolute atomic E-state index is 13.1. The van der Waals surface area contributed by atoms with Gasteiger partial charge >= 0.3 is 0 Å². The van der Waals surface area contributed by atoms with Crippen molar-refractivity contribution in [3.63, 3.8) is 0 Å². The molecule has 1 unspecified atom stereocenters. The first kappa shape index (κ1) is 23.5. The van der Waals surface area contributed by atoms with Crippen LogP contribution in [-0.4, -0.2) is 35.3 Å². The number of carbonyl (C=O) groups excluding carboxylic acids is 2. The average molecular weight is 479 g/mol. The van der Waals surface area contributed by atoms with Crippen LogP contribution in [0.4, 0.5) is 9.18 Å². The lowest BCUT2D eigenvalue weighted by Gasteiger charge is -2.09. The second-order valence-corrected chi connectivity index (χ2v) is 8.85. The summed E-state index contributed by atoms with van der Waals surface area (Å²) < 4.78 is 18.8. The van der Waals surface area contributed by atoms with Crippen LogP contribution in [0.5, 0.6) is 5.75 Å². The van der Waals surface area contributed by atoms with Gasteiger partial charge in [-0.15, -0.1) is 0 Å². The lowest BCUT2D eigenvalue weighted by atomic mass is 10.0. The summed E-state index contributed by atoms with van der Waals surface area (Å²) in [4.78, 5) is 28.3. The number of nitrogens with zero attached hydrogens (tertiary/aromatic N) is 1. The normalized spacial score (nSPS) is 15.8. The molecule has 8 heteroatoms. The summed E-state index contributed by atoms with van der Waals surface area (Å²) in [5, 5.41) is 5.76. The molecule has 1 fully saturated rings. The molecular weight excluding hydrogens is 455 g/mol. The Labute approximate surface area is 201 Å². The van der Waals surface area contributed by atoms with Crippen molar-refractivity contribution in [3.05, 3.63) is 89.7 Å². The summed E-state index contributed by atoms with van der Waals surface area (Å²) in [6, 6.07) is 21.6. The zero-order valence-corrected chi connectivity index (χ0v) is 19.3. The van der Waals surface area contributed by atoms with Gasteiger partial charge in [-0.3, -0.25) is 14.9 Å². The lowest BCUT2D eigenvalue weighted by Crippen LogP contribution is -2.25. The van der Waals surface area contributed by atoms with Crippen LogP contribution in [0.25, 0.3) is 11.1 Å². The molecule has 0 aromatic heterocycles. The lowest BCUT2D eigenvalue weighted by molar-refractivity contribution is -0.118. The Morgan fingerprint density at radius 2 is 1.59 bits per heavy atom. The zero-order chi connectivity index (χ0) is 23.9. The highest BCUT2D eigenvalue weighted by Crippen LogP contribution is 2.24. The van der Waals surface area contributed by atoms with Crippen LogP contribution in [-0.2, 0) is 16.1 Å². The predicted molar refractivity (Wildman–Crippen MR) is 131 cm³/mol. The van der Waals surface area contributed by atoms with Gasteiger partial charge in [0.05, 0.1) is 11.0 Å². The van der Waals surface area contributed by atoms with Crippen molar-refractivity contribution in [1.29, 1.82) is 0 Å². The van der Waals surface area contributed by atoms with Gasteiger partial charge in [-0.05, 0) is 59.9 Å². The predicted octanol–water partition coefficient (Wildman–Crippen LogP) is 5.21. The highest BCUT2D eigenvalue weighted by atomic mass is 32.2. The number of hydrogen-bond acceptors (Lipinski definition) is 6. The molecule has 0 aliphatic carbocycles. The highest BCUT2D eigenvalue weighted by molar-refractivity contribution is 8.15. The minimum Gasteiger partial charge on any atom is -0.490 e. The number of benzene rings is 3. The Hall–Kier alpha value is -3.65. The molecule has 6 nitrogen and oxygen atoms in total. The number of halogens is 1. The monoisotopic (exact) mass is 478 g/mol. The molecule has 4 rings (SSSR count). The van der Waals surface area contributed by atoms with Crippen molar-refractivity contribution in [2.24, 2.45) is 5.16 Å². The van der Waals surface area contributed by atoms with Crippen molar-refractivity contribution in [2.45, 2.75) is 18.6 Å². The van der Waals surface area contributed by atoms with E-state index in [9.17, 15) is 14.0 Å². The first-order valence-corrected chi connectivity index (χ1v) is 11.6. The third-order valence-corrected chi connectivity index (χ3v) is 6.22. The Morgan fingerprint density at radius 1 is 0.941 bits per heavy atom. The number of carbonyl (C=O) groups is 2. The Balaban J connectivity index is 1.21. The van der Waals surface area contributed by atoms with E-state index in [1.807, 2.05) is 55.5 Å². The summed E-state index contributed by atoms with van der Waals surface area (Å²) in [5.74, 6) is 0.186. The quantitative estimate of drug-likeness (QED) is 0.260. The molecule has 3 aromatic rings. The van der Waals surface area contributed by atoms with E-state index in [0.29, 0.717) is 18.8 Å². The number of hydrogen-bond donors (Lipinski definition) is 1. The molecule has 0 spiro atoms. The second-order valence-electron chi connectivity index (χ2n) is 7.67. The molecule has 0 saturated carbocycles. The number of oxime groups is 1. The maximum Gasteiger partial charge on any atom is 0.286 e. The zero-order valence-electron chi connectivity index (χ0n) is 18.5. The standard InChI is InChI=1S/C26H23FN2O4S/c1-17(19-4-6-20(7-5-19)21-8-10-22(27)11-9-21)29-33-15-14-32-23-12-2-18(3-13-23)16-24-25(30)28-26(31)34-24/h2-13,24H,14-16H2,1H3,(H,28,30,31). The molecular formula is C26H23FN2O4S. The van der Waals surface area contributed by atoms with Crippen molar-refractivity contribution >= 4 is 28.6 Å². The van der Waals surface area contributed by atoms with Gasteiger partial charge < -0.3 is 9.57 Å². The van der Waals surface area contributed by atoms with Crippen LogP contribution < -0.4 is 10.1 Å². The van der Waals surface area contributed by atoms with E-state index >= 15 is 0 Å². The highest BCUT2D eigenvalue weighted by Gasteiger charge is 2.31. The van der Waals surface area contributed by atoms with Gasteiger partial charge in [0.2, 0.25) is 5.91 Å².